The zero-order valence-electron chi connectivity index (χ0n) is 19.5. The van der Waals surface area contributed by atoms with E-state index < -0.39 is 21.5 Å². The molecule has 10 heteroatoms. The number of aromatic amines is 1. The predicted octanol–water partition coefficient (Wildman–Crippen LogP) is 4.70. The van der Waals surface area contributed by atoms with Crippen molar-refractivity contribution in [1.82, 2.24) is 10.3 Å². The van der Waals surface area contributed by atoms with Crippen molar-refractivity contribution in [3.63, 3.8) is 0 Å². The molecule has 1 aromatic heterocycles. The molecule has 0 spiro atoms. The van der Waals surface area contributed by atoms with Gasteiger partial charge in [0.2, 0.25) is 0 Å². The average Bonchev–Trinajstić information content (AvgIpc) is 3.16. The van der Waals surface area contributed by atoms with Crippen LogP contribution in [-0.2, 0) is 21.1 Å². The van der Waals surface area contributed by atoms with E-state index >= 15 is 0 Å². The number of nitrogens with one attached hydrogen (secondary N) is 2. The van der Waals surface area contributed by atoms with Gasteiger partial charge < -0.3 is 15.0 Å². The summed E-state index contributed by atoms with van der Waals surface area (Å²) in [6.45, 7) is 1.51. The number of carbonyl (C=O) groups excluding carboxylic acids is 1. The molecular formula is C26H23F3N2O4S. The molecule has 36 heavy (non-hydrogen) atoms. The molecular weight excluding hydrogens is 493 g/mol. The van der Waals surface area contributed by atoms with Gasteiger partial charge in [0.1, 0.15) is 11.6 Å². The number of hydrogen-bond acceptors (Lipinski definition) is 4. The van der Waals surface area contributed by atoms with Crippen molar-refractivity contribution in [3.8, 4) is 17.0 Å². The lowest BCUT2D eigenvalue weighted by atomic mass is 10.0. The van der Waals surface area contributed by atoms with Crippen LogP contribution < -0.4 is 10.1 Å². The largest absolute Gasteiger partial charge is 0.484 e. The molecule has 0 aliphatic carbocycles. The van der Waals surface area contributed by atoms with E-state index in [1.54, 1.807) is 25.1 Å². The number of H-pyrrole nitrogens is 1. The van der Waals surface area contributed by atoms with Gasteiger partial charge in [-0.25, -0.2) is 21.6 Å². The number of halogens is 3. The van der Waals surface area contributed by atoms with Crippen molar-refractivity contribution < 1.29 is 31.1 Å². The summed E-state index contributed by atoms with van der Waals surface area (Å²) in [7, 11) is -2.06. The minimum Gasteiger partial charge on any atom is -0.484 e. The Morgan fingerprint density at radius 2 is 1.81 bits per heavy atom. The monoisotopic (exact) mass is 516 g/mol. The topological polar surface area (TPSA) is 88.3 Å². The molecule has 0 fully saturated rings. The standard InChI is InChI=1S/C19H17FN2O4S.C7H6F2/c1-21-18(23)10-26-12-3-4-14-17(9-12)27(24,25)7-6-13-15-8-11(20)2-5-16(15)22-19(13)14;1-5-2-3-6(8)7(9)4-5/h2-5,8-9,22H,6-7,10H2,1H3,(H,21,23);2-4H,1H3. The zero-order chi connectivity index (χ0) is 26.0. The van der Waals surface area contributed by atoms with Crippen LogP contribution in [0.1, 0.15) is 11.1 Å². The molecule has 2 heterocycles. The van der Waals surface area contributed by atoms with Gasteiger partial charge in [-0.15, -0.1) is 0 Å². The van der Waals surface area contributed by atoms with Crippen molar-refractivity contribution in [2.24, 2.45) is 0 Å². The first kappa shape index (κ1) is 25.3. The molecule has 1 amide bonds. The third-order valence-electron chi connectivity index (χ3n) is 5.77. The molecule has 0 atom stereocenters. The molecule has 4 aromatic rings. The van der Waals surface area contributed by atoms with Crippen molar-refractivity contribution in [1.29, 1.82) is 0 Å². The number of rotatable bonds is 3. The van der Waals surface area contributed by atoms with Crippen molar-refractivity contribution >= 4 is 26.6 Å². The third-order valence-corrected chi connectivity index (χ3v) is 7.52. The second-order valence-corrected chi connectivity index (χ2v) is 10.4. The highest BCUT2D eigenvalue weighted by molar-refractivity contribution is 7.91. The first-order chi connectivity index (χ1) is 17.1. The predicted molar refractivity (Wildman–Crippen MR) is 130 cm³/mol. The fraction of sp³-hybridized carbons (Fsp3) is 0.192. The first-order valence-corrected chi connectivity index (χ1v) is 12.7. The molecule has 188 valence electrons. The van der Waals surface area contributed by atoms with Crippen LogP contribution in [0.25, 0.3) is 22.2 Å². The Bertz CT molecular complexity index is 1570. The number of likely N-dealkylation sites (N-methyl/N-ethyl adjacent to an activating group) is 1. The molecule has 1 aliphatic rings. The number of aryl methyl sites for hydroxylation is 2. The van der Waals surface area contributed by atoms with E-state index in [2.05, 4.69) is 10.3 Å². The van der Waals surface area contributed by atoms with Gasteiger partial charge in [-0.3, -0.25) is 4.79 Å². The van der Waals surface area contributed by atoms with E-state index in [0.29, 0.717) is 22.4 Å². The lowest BCUT2D eigenvalue weighted by molar-refractivity contribution is -0.122. The lowest BCUT2D eigenvalue weighted by Crippen LogP contribution is -2.24. The Morgan fingerprint density at radius 3 is 2.50 bits per heavy atom. The minimum absolute atomic E-state index is 0.0879. The van der Waals surface area contributed by atoms with Gasteiger partial charge in [0.25, 0.3) is 5.91 Å². The smallest absolute Gasteiger partial charge is 0.257 e. The van der Waals surface area contributed by atoms with Gasteiger partial charge in [0, 0.05) is 23.5 Å². The van der Waals surface area contributed by atoms with Crippen molar-refractivity contribution in [2.45, 2.75) is 18.2 Å². The molecule has 6 nitrogen and oxygen atoms in total. The number of carbonyl (C=O) groups is 1. The van der Waals surface area contributed by atoms with E-state index in [-0.39, 0.29) is 35.4 Å². The quantitative estimate of drug-likeness (QED) is 0.413. The number of ether oxygens (including phenoxy) is 1. The van der Waals surface area contributed by atoms with Crippen LogP contribution in [0.3, 0.4) is 0 Å². The van der Waals surface area contributed by atoms with Gasteiger partial charge in [-0.2, -0.15) is 0 Å². The van der Waals surface area contributed by atoms with Crippen LogP contribution >= 0.6 is 0 Å². The molecule has 0 saturated heterocycles. The maximum Gasteiger partial charge on any atom is 0.257 e. The van der Waals surface area contributed by atoms with Gasteiger partial charge in [-0.1, -0.05) is 6.07 Å². The van der Waals surface area contributed by atoms with E-state index in [1.165, 1.54) is 31.3 Å². The number of sulfone groups is 1. The highest BCUT2D eigenvalue weighted by atomic mass is 32.2. The van der Waals surface area contributed by atoms with E-state index in [4.69, 9.17) is 4.74 Å². The average molecular weight is 517 g/mol. The number of hydrogen-bond donors (Lipinski definition) is 2. The van der Waals surface area contributed by atoms with Crippen LogP contribution in [-0.4, -0.2) is 38.7 Å². The summed E-state index contributed by atoms with van der Waals surface area (Å²) >= 11 is 0. The normalized spacial score (nSPS) is 13.6. The second kappa shape index (κ2) is 10.1. The van der Waals surface area contributed by atoms with Crippen LogP contribution in [0.2, 0.25) is 0 Å². The van der Waals surface area contributed by atoms with E-state index in [1.807, 2.05) is 0 Å². The Kier molecular flexibility index (Phi) is 7.07. The number of amides is 1. The van der Waals surface area contributed by atoms with Crippen LogP contribution in [0.4, 0.5) is 13.2 Å². The van der Waals surface area contributed by atoms with E-state index in [9.17, 15) is 26.4 Å². The molecule has 5 rings (SSSR count). The maximum absolute atomic E-state index is 13.7. The summed E-state index contributed by atoms with van der Waals surface area (Å²) in [4.78, 5) is 14.7. The van der Waals surface area contributed by atoms with Crippen molar-refractivity contribution in [3.05, 3.63) is 83.2 Å². The van der Waals surface area contributed by atoms with Crippen LogP contribution in [0, 0.1) is 24.4 Å². The summed E-state index contributed by atoms with van der Waals surface area (Å²) in [5.74, 6) is -2.04. The van der Waals surface area contributed by atoms with Crippen LogP contribution in [0.5, 0.6) is 5.75 Å². The molecule has 0 bridgehead atoms. The summed E-state index contributed by atoms with van der Waals surface area (Å²) in [6.07, 6.45) is 0.282. The Hall–Kier alpha value is -3.79. The molecule has 0 radical (unpaired) electrons. The Morgan fingerprint density at radius 1 is 1.03 bits per heavy atom. The summed E-state index contributed by atoms with van der Waals surface area (Å²) in [5.41, 5.74) is 3.46. The minimum atomic E-state index is -3.56. The molecule has 1 aliphatic heterocycles. The van der Waals surface area contributed by atoms with Gasteiger partial charge in [0.05, 0.1) is 16.3 Å². The van der Waals surface area contributed by atoms with Gasteiger partial charge in [-0.05, 0) is 73.0 Å². The van der Waals surface area contributed by atoms with Crippen LogP contribution in [0.15, 0.2) is 59.5 Å². The number of fused-ring (bicyclic) bond motifs is 5. The summed E-state index contributed by atoms with van der Waals surface area (Å²) in [5, 5.41) is 3.13. The first-order valence-electron chi connectivity index (χ1n) is 11.0. The lowest BCUT2D eigenvalue weighted by Gasteiger charge is -2.10. The maximum atomic E-state index is 13.7. The number of benzene rings is 3. The summed E-state index contributed by atoms with van der Waals surface area (Å²) in [6, 6.07) is 13.0. The molecule has 2 N–H and O–H groups in total. The van der Waals surface area contributed by atoms with E-state index in [0.717, 1.165) is 28.8 Å². The molecule has 3 aromatic carbocycles. The number of aromatic nitrogens is 1. The summed E-state index contributed by atoms with van der Waals surface area (Å²) < 4.78 is 69.0. The van der Waals surface area contributed by atoms with Gasteiger partial charge >= 0.3 is 0 Å². The Labute approximate surface area is 206 Å². The third kappa shape index (κ3) is 5.23. The Balaban J connectivity index is 0.000000286. The fourth-order valence-corrected chi connectivity index (χ4v) is 5.43. The second-order valence-electron chi connectivity index (χ2n) is 8.27. The molecule has 0 unspecified atom stereocenters. The zero-order valence-corrected chi connectivity index (χ0v) is 20.3. The molecule has 0 saturated carbocycles. The highest BCUT2D eigenvalue weighted by Crippen LogP contribution is 2.39. The SMILES string of the molecule is CNC(=O)COc1ccc2c(c1)S(=O)(=O)CCc1c-2[nH]c2ccc(F)cc12.Cc1ccc(F)c(F)c1. The van der Waals surface area contributed by atoms with Gasteiger partial charge in [0.15, 0.2) is 28.1 Å². The van der Waals surface area contributed by atoms with Crippen molar-refractivity contribution in [2.75, 3.05) is 19.4 Å². The highest BCUT2D eigenvalue weighted by Gasteiger charge is 2.28. The fourth-order valence-electron chi connectivity index (χ4n) is 3.93.